The van der Waals surface area contributed by atoms with Gasteiger partial charge in [0.2, 0.25) is 0 Å². The lowest BCUT2D eigenvalue weighted by atomic mass is 10.1. The van der Waals surface area contributed by atoms with Crippen LogP contribution in [-0.4, -0.2) is 17.0 Å². The predicted molar refractivity (Wildman–Crippen MR) is 80.4 cm³/mol. The molecular weight excluding hydrogens is 266 g/mol. The Kier molecular flexibility index (Phi) is 4.72. The summed E-state index contributed by atoms with van der Waals surface area (Å²) in [7, 11) is 0. The third-order valence-corrected chi connectivity index (χ3v) is 3.28. The van der Waals surface area contributed by atoms with E-state index in [-0.39, 0.29) is 11.5 Å². The van der Waals surface area contributed by atoms with Crippen LogP contribution in [0.2, 0.25) is 0 Å². The second-order valence-corrected chi connectivity index (χ2v) is 4.74. The molecular formula is C17H17NO3. The van der Waals surface area contributed by atoms with E-state index in [9.17, 15) is 9.59 Å². The van der Waals surface area contributed by atoms with Gasteiger partial charge in [0, 0.05) is 12.1 Å². The van der Waals surface area contributed by atoms with Crippen LogP contribution < -0.4 is 5.32 Å². The molecule has 0 aromatic heterocycles. The maximum Gasteiger partial charge on any atom is 0.335 e. The number of amides is 1. The Bertz CT molecular complexity index is 630. The first-order valence-electron chi connectivity index (χ1n) is 6.79. The van der Waals surface area contributed by atoms with Gasteiger partial charge in [-0.25, -0.2) is 4.79 Å². The average Bonchev–Trinajstić information content (AvgIpc) is 2.53. The third kappa shape index (κ3) is 3.92. The highest BCUT2D eigenvalue weighted by Gasteiger charge is 2.07. The zero-order chi connectivity index (χ0) is 15.2. The van der Waals surface area contributed by atoms with Crippen molar-refractivity contribution in [3.63, 3.8) is 0 Å². The van der Waals surface area contributed by atoms with Gasteiger partial charge in [-0.2, -0.15) is 0 Å². The third-order valence-electron chi connectivity index (χ3n) is 3.28. The van der Waals surface area contributed by atoms with Crippen LogP contribution in [0.5, 0.6) is 0 Å². The van der Waals surface area contributed by atoms with Crippen molar-refractivity contribution in [3.8, 4) is 0 Å². The number of aryl methyl sites for hydroxylation is 1. The summed E-state index contributed by atoms with van der Waals surface area (Å²) in [5, 5.41) is 11.6. The quantitative estimate of drug-likeness (QED) is 0.886. The molecule has 0 saturated carbocycles. The molecule has 0 spiro atoms. The van der Waals surface area contributed by atoms with Gasteiger partial charge in [0.05, 0.1) is 5.56 Å². The van der Waals surface area contributed by atoms with Gasteiger partial charge in [-0.15, -0.1) is 0 Å². The van der Waals surface area contributed by atoms with Gasteiger partial charge >= 0.3 is 5.97 Å². The van der Waals surface area contributed by atoms with Gasteiger partial charge in [0.15, 0.2) is 0 Å². The van der Waals surface area contributed by atoms with Crippen LogP contribution in [0.3, 0.4) is 0 Å². The fourth-order valence-corrected chi connectivity index (χ4v) is 1.94. The van der Waals surface area contributed by atoms with Gasteiger partial charge in [-0.3, -0.25) is 4.79 Å². The van der Waals surface area contributed by atoms with E-state index in [0.717, 1.165) is 12.0 Å². The minimum absolute atomic E-state index is 0.168. The van der Waals surface area contributed by atoms with Crippen LogP contribution in [0.25, 0.3) is 0 Å². The highest BCUT2D eigenvalue weighted by molar-refractivity contribution is 5.95. The first kappa shape index (κ1) is 14.8. The van der Waals surface area contributed by atoms with Crippen molar-refractivity contribution < 1.29 is 14.7 Å². The summed E-state index contributed by atoms with van der Waals surface area (Å²) in [6.07, 6.45) is 0.989. The first-order chi connectivity index (χ1) is 10.1. The van der Waals surface area contributed by atoms with Crippen molar-refractivity contribution in [1.29, 1.82) is 0 Å². The fraction of sp³-hybridized carbons (Fsp3) is 0.176. The van der Waals surface area contributed by atoms with E-state index >= 15 is 0 Å². The van der Waals surface area contributed by atoms with Crippen molar-refractivity contribution in [3.05, 3.63) is 70.8 Å². The zero-order valence-corrected chi connectivity index (χ0v) is 11.8. The minimum atomic E-state index is -1.00. The molecule has 0 radical (unpaired) electrons. The van der Waals surface area contributed by atoms with Gasteiger partial charge in [0.1, 0.15) is 0 Å². The smallest absolute Gasteiger partial charge is 0.335 e. The molecule has 0 aliphatic rings. The Morgan fingerprint density at radius 2 is 1.43 bits per heavy atom. The second-order valence-electron chi connectivity index (χ2n) is 4.74. The van der Waals surface area contributed by atoms with E-state index in [4.69, 9.17) is 5.11 Å². The molecule has 2 rings (SSSR count). The number of carbonyl (C=O) groups excluding carboxylic acids is 1. The maximum atomic E-state index is 12.0. The lowest BCUT2D eigenvalue weighted by molar-refractivity contribution is 0.0696. The Morgan fingerprint density at radius 3 is 1.95 bits per heavy atom. The van der Waals surface area contributed by atoms with Crippen LogP contribution in [0.4, 0.5) is 0 Å². The SMILES string of the molecule is CCc1ccc(CNC(=O)c2ccc(C(=O)O)cc2)cc1. The van der Waals surface area contributed by atoms with E-state index < -0.39 is 5.97 Å². The van der Waals surface area contributed by atoms with E-state index in [0.29, 0.717) is 12.1 Å². The number of rotatable bonds is 5. The number of hydrogen-bond acceptors (Lipinski definition) is 2. The molecule has 0 fully saturated rings. The molecule has 0 unspecified atom stereocenters. The van der Waals surface area contributed by atoms with Crippen LogP contribution >= 0.6 is 0 Å². The molecule has 108 valence electrons. The van der Waals surface area contributed by atoms with Crippen molar-refractivity contribution in [2.75, 3.05) is 0 Å². The average molecular weight is 283 g/mol. The number of aromatic carboxylic acids is 1. The van der Waals surface area contributed by atoms with E-state index in [1.807, 2.05) is 24.3 Å². The maximum absolute atomic E-state index is 12.0. The van der Waals surface area contributed by atoms with Crippen molar-refractivity contribution in [2.45, 2.75) is 19.9 Å². The standard InChI is InChI=1S/C17H17NO3/c1-2-12-3-5-13(6-4-12)11-18-16(19)14-7-9-15(10-8-14)17(20)21/h3-10H,2,11H2,1H3,(H,18,19)(H,20,21). The molecule has 0 bridgehead atoms. The van der Waals surface area contributed by atoms with Crippen LogP contribution in [-0.2, 0) is 13.0 Å². The van der Waals surface area contributed by atoms with Gasteiger partial charge < -0.3 is 10.4 Å². The topological polar surface area (TPSA) is 66.4 Å². The first-order valence-corrected chi connectivity index (χ1v) is 6.79. The molecule has 0 atom stereocenters. The van der Waals surface area contributed by atoms with E-state index in [1.165, 1.54) is 29.8 Å². The summed E-state index contributed by atoms with van der Waals surface area (Å²) >= 11 is 0. The summed E-state index contributed by atoms with van der Waals surface area (Å²) in [5.41, 5.74) is 2.91. The number of carbonyl (C=O) groups is 2. The van der Waals surface area contributed by atoms with Crippen LogP contribution in [0.1, 0.15) is 38.8 Å². The number of nitrogens with one attached hydrogen (secondary N) is 1. The Balaban J connectivity index is 1.95. The van der Waals surface area contributed by atoms with Gasteiger partial charge in [-0.1, -0.05) is 31.2 Å². The molecule has 21 heavy (non-hydrogen) atoms. The van der Waals surface area contributed by atoms with Crippen molar-refractivity contribution in [2.24, 2.45) is 0 Å². The summed E-state index contributed by atoms with van der Waals surface area (Å²) in [4.78, 5) is 22.7. The molecule has 2 aromatic rings. The summed E-state index contributed by atoms with van der Waals surface area (Å²) in [6.45, 7) is 2.54. The fourth-order valence-electron chi connectivity index (χ4n) is 1.94. The second kappa shape index (κ2) is 6.70. The Labute approximate surface area is 123 Å². The molecule has 0 aliphatic heterocycles. The van der Waals surface area contributed by atoms with E-state index in [1.54, 1.807) is 0 Å². The number of carboxylic acids is 1. The summed E-state index contributed by atoms with van der Waals surface area (Å²) in [6, 6.07) is 13.9. The molecule has 4 nitrogen and oxygen atoms in total. The molecule has 0 aliphatic carbocycles. The molecule has 2 N–H and O–H groups in total. The van der Waals surface area contributed by atoms with Crippen molar-refractivity contribution >= 4 is 11.9 Å². The number of carboxylic acid groups (broad SMARTS) is 1. The lowest BCUT2D eigenvalue weighted by Gasteiger charge is -2.06. The van der Waals surface area contributed by atoms with E-state index in [2.05, 4.69) is 12.2 Å². The van der Waals surface area contributed by atoms with Gasteiger partial charge in [-0.05, 0) is 41.8 Å². The lowest BCUT2D eigenvalue weighted by Crippen LogP contribution is -2.22. The highest BCUT2D eigenvalue weighted by atomic mass is 16.4. The van der Waals surface area contributed by atoms with Gasteiger partial charge in [0.25, 0.3) is 5.91 Å². The minimum Gasteiger partial charge on any atom is -0.478 e. The number of benzene rings is 2. The molecule has 2 aromatic carbocycles. The highest BCUT2D eigenvalue weighted by Crippen LogP contribution is 2.07. The molecule has 0 heterocycles. The van der Waals surface area contributed by atoms with Crippen molar-refractivity contribution in [1.82, 2.24) is 5.32 Å². The summed E-state index contributed by atoms with van der Waals surface area (Å²) < 4.78 is 0. The zero-order valence-electron chi connectivity index (χ0n) is 11.8. The van der Waals surface area contributed by atoms with Crippen LogP contribution in [0.15, 0.2) is 48.5 Å². The summed E-state index contributed by atoms with van der Waals surface area (Å²) in [5.74, 6) is -1.22. The molecule has 0 saturated heterocycles. The predicted octanol–water partition coefficient (Wildman–Crippen LogP) is 2.88. The Morgan fingerprint density at radius 1 is 0.905 bits per heavy atom. The number of hydrogen-bond donors (Lipinski definition) is 2. The van der Waals surface area contributed by atoms with Crippen LogP contribution in [0, 0.1) is 0 Å². The largest absolute Gasteiger partial charge is 0.478 e. The monoisotopic (exact) mass is 283 g/mol. The molecule has 4 heteroatoms. The Hall–Kier alpha value is -2.62. The molecule has 1 amide bonds. The normalized spacial score (nSPS) is 10.1.